The fourth-order valence-corrected chi connectivity index (χ4v) is 2.18. The summed E-state index contributed by atoms with van der Waals surface area (Å²) >= 11 is 6.10. The molecule has 0 amide bonds. The maximum atomic E-state index is 6.10. The van der Waals surface area contributed by atoms with Crippen LogP contribution in [0.15, 0.2) is 30.3 Å². The van der Waals surface area contributed by atoms with Gasteiger partial charge in [-0.25, -0.2) is 4.98 Å². The van der Waals surface area contributed by atoms with E-state index in [4.69, 9.17) is 25.8 Å². The van der Waals surface area contributed by atoms with Crippen LogP contribution in [-0.2, 0) is 18.0 Å². The Labute approximate surface area is 127 Å². The second-order valence-corrected chi connectivity index (χ2v) is 4.96. The highest BCUT2D eigenvalue weighted by atomic mass is 35.5. The Hall–Kier alpha value is -1.98. The van der Waals surface area contributed by atoms with Crippen LogP contribution in [0.25, 0.3) is 0 Å². The van der Waals surface area contributed by atoms with Gasteiger partial charge in [-0.05, 0) is 29.8 Å². The molecule has 0 saturated carbocycles. The number of fused-ring (bicyclic) bond motifs is 1. The van der Waals surface area contributed by atoms with Gasteiger partial charge in [-0.2, -0.15) is 0 Å². The van der Waals surface area contributed by atoms with Crippen LogP contribution in [0.4, 0.5) is 5.82 Å². The molecule has 110 valence electrons. The Morgan fingerprint density at radius 3 is 2.90 bits per heavy atom. The number of nitrogens with one attached hydrogen (secondary N) is 1. The van der Waals surface area contributed by atoms with Crippen molar-refractivity contribution >= 4 is 17.4 Å². The zero-order chi connectivity index (χ0) is 14.7. The number of pyridine rings is 1. The molecule has 1 N–H and O–H groups in total. The molecule has 2 heterocycles. The molecule has 5 nitrogen and oxygen atoms in total. The molecule has 0 aliphatic carbocycles. The number of rotatable bonds is 5. The van der Waals surface area contributed by atoms with Crippen LogP contribution in [0, 0.1) is 0 Å². The van der Waals surface area contributed by atoms with E-state index >= 15 is 0 Å². The molecule has 1 aromatic carbocycles. The molecule has 1 aromatic heterocycles. The zero-order valence-corrected chi connectivity index (χ0v) is 12.3. The van der Waals surface area contributed by atoms with Crippen molar-refractivity contribution in [3.05, 3.63) is 46.6 Å². The van der Waals surface area contributed by atoms with Gasteiger partial charge in [-0.1, -0.05) is 17.7 Å². The number of aromatic nitrogens is 1. The van der Waals surface area contributed by atoms with Gasteiger partial charge in [0.25, 0.3) is 0 Å². The van der Waals surface area contributed by atoms with Gasteiger partial charge in [0.15, 0.2) is 11.5 Å². The van der Waals surface area contributed by atoms with Gasteiger partial charge >= 0.3 is 0 Å². The second-order valence-electron chi connectivity index (χ2n) is 4.56. The lowest BCUT2D eigenvalue weighted by atomic mass is 10.2. The standard InChI is InChI=1S/C15H15ClN2O3/c1-17-15-5-3-11(16)12(18-15)8-19-7-10-2-4-13-14(6-10)21-9-20-13/h2-6H,7-9H2,1H3,(H,17,18). The second kappa shape index (κ2) is 6.20. The SMILES string of the molecule is CNc1ccc(Cl)c(COCc2ccc3c(c2)OCO3)n1. The number of hydrogen-bond acceptors (Lipinski definition) is 5. The molecule has 0 fully saturated rings. The predicted octanol–water partition coefficient (Wildman–Crippen LogP) is 3.22. The first kappa shape index (κ1) is 14.0. The summed E-state index contributed by atoms with van der Waals surface area (Å²) in [4.78, 5) is 4.37. The van der Waals surface area contributed by atoms with Gasteiger partial charge in [0, 0.05) is 7.05 Å². The number of benzene rings is 1. The third kappa shape index (κ3) is 3.20. The molecule has 0 saturated heterocycles. The summed E-state index contributed by atoms with van der Waals surface area (Å²) in [6.07, 6.45) is 0. The largest absolute Gasteiger partial charge is 0.454 e. The molecule has 1 aliphatic rings. The average molecular weight is 307 g/mol. The summed E-state index contributed by atoms with van der Waals surface area (Å²) < 4.78 is 16.3. The number of hydrogen-bond donors (Lipinski definition) is 1. The van der Waals surface area contributed by atoms with Crippen LogP contribution in [0.5, 0.6) is 11.5 Å². The Balaban J connectivity index is 1.61. The molecule has 2 aromatic rings. The minimum Gasteiger partial charge on any atom is -0.454 e. The summed E-state index contributed by atoms with van der Waals surface area (Å²) in [6.45, 7) is 1.08. The van der Waals surface area contributed by atoms with Gasteiger partial charge in [0.1, 0.15) is 5.82 Å². The molecular weight excluding hydrogens is 292 g/mol. The van der Waals surface area contributed by atoms with Crippen molar-refractivity contribution in [2.24, 2.45) is 0 Å². The molecule has 3 rings (SSSR count). The summed E-state index contributed by atoms with van der Waals surface area (Å²) in [6, 6.07) is 9.38. The lowest BCUT2D eigenvalue weighted by molar-refractivity contribution is 0.104. The lowest BCUT2D eigenvalue weighted by Gasteiger charge is -2.08. The van der Waals surface area contributed by atoms with E-state index in [1.807, 2.05) is 31.3 Å². The first-order valence-corrected chi connectivity index (χ1v) is 6.93. The van der Waals surface area contributed by atoms with Crippen LogP contribution in [0.2, 0.25) is 5.02 Å². The van der Waals surface area contributed by atoms with Crippen molar-refractivity contribution < 1.29 is 14.2 Å². The highest BCUT2D eigenvalue weighted by Crippen LogP contribution is 2.32. The fourth-order valence-electron chi connectivity index (χ4n) is 2.02. The van der Waals surface area contributed by atoms with E-state index in [1.165, 1.54) is 0 Å². The average Bonchev–Trinajstić information content (AvgIpc) is 2.97. The van der Waals surface area contributed by atoms with E-state index in [9.17, 15) is 0 Å². The summed E-state index contributed by atoms with van der Waals surface area (Å²) in [5.74, 6) is 2.29. The predicted molar refractivity (Wildman–Crippen MR) is 79.9 cm³/mol. The molecular formula is C15H15ClN2O3. The van der Waals surface area contributed by atoms with Crippen LogP contribution < -0.4 is 14.8 Å². The van der Waals surface area contributed by atoms with Crippen LogP contribution in [0.3, 0.4) is 0 Å². The highest BCUT2D eigenvalue weighted by molar-refractivity contribution is 6.31. The molecule has 21 heavy (non-hydrogen) atoms. The summed E-state index contributed by atoms with van der Waals surface area (Å²) in [5.41, 5.74) is 1.73. The number of ether oxygens (including phenoxy) is 3. The van der Waals surface area contributed by atoms with E-state index in [1.54, 1.807) is 6.07 Å². The zero-order valence-electron chi connectivity index (χ0n) is 11.6. The number of anilines is 1. The monoisotopic (exact) mass is 306 g/mol. The molecule has 0 radical (unpaired) electrons. The maximum absolute atomic E-state index is 6.10. The lowest BCUT2D eigenvalue weighted by Crippen LogP contribution is -2.00. The molecule has 0 spiro atoms. The van der Waals surface area contributed by atoms with E-state index in [2.05, 4.69) is 10.3 Å². The van der Waals surface area contributed by atoms with Gasteiger partial charge in [0.05, 0.1) is 23.9 Å². The van der Waals surface area contributed by atoms with E-state index < -0.39 is 0 Å². The van der Waals surface area contributed by atoms with Gasteiger partial charge < -0.3 is 19.5 Å². The van der Waals surface area contributed by atoms with Crippen LogP contribution >= 0.6 is 11.6 Å². The van der Waals surface area contributed by atoms with E-state index in [0.717, 1.165) is 22.9 Å². The third-order valence-corrected chi connectivity index (χ3v) is 3.46. The number of nitrogens with zero attached hydrogens (tertiary/aromatic N) is 1. The van der Waals surface area contributed by atoms with Gasteiger partial charge in [-0.3, -0.25) is 0 Å². The van der Waals surface area contributed by atoms with E-state index in [-0.39, 0.29) is 6.79 Å². The minimum absolute atomic E-state index is 0.274. The van der Waals surface area contributed by atoms with Gasteiger partial charge in [0.2, 0.25) is 6.79 Å². The summed E-state index contributed by atoms with van der Waals surface area (Å²) in [5, 5.41) is 3.57. The Morgan fingerprint density at radius 2 is 2.05 bits per heavy atom. The highest BCUT2D eigenvalue weighted by Gasteiger charge is 2.13. The van der Waals surface area contributed by atoms with E-state index in [0.29, 0.717) is 23.9 Å². The third-order valence-electron chi connectivity index (χ3n) is 3.12. The van der Waals surface area contributed by atoms with Crippen molar-refractivity contribution in [3.8, 4) is 11.5 Å². The van der Waals surface area contributed by atoms with Crippen molar-refractivity contribution in [1.82, 2.24) is 4.98 Å². The molecule has 0 atom stereocenters. The molecule has 6 heteroatoms. The van der Waals surface area contributed by atoms with Gasteiger partial charge in [-0.15, -0.1) is 0 Å². The van der Waals surface area contributed by atoms with Crippen molar-refractivity contribution in [2.45, 2.75) is 13.2 Å². The van der Waals surface area contributed by atoms with Crippen molar-refractivity contribution in [1.29, 1.82) is 0 Å². The molecule has 1 aliphatic heterocycles. The normalized spacial score (nSPS) is 12.5. The van der Waals surface area contributed by atoms with Crippen LogP contribution in [0.1, 0.15) is 11.3 Å². The minimum atomic E-state index is 0.274. The topological polar surface area (TPSA) is 52.6 Å². The maximum Gasteiger partial charge on any atom is 0.231 e. The smallest absolute Gasteiger partial charge is 0.231 e. The Morgan fingerprint density at radius 1 is 1.19 bits per heavy atom. The molecule has 0 unspecified atom stereocenters. The van der Waals surface area contributed by atoms with Crippen LogP contribution in [-0.4, -0.2) is 18.8 Å². The Bertz CT molecular complexity index is 649. The van der Waals surface area contributed by atoms with Crippen molar-refractivity contribution in [3.63, 3.8) is 0 Å². The quantitative estimate of drug-likeness (QED) is 0.919. The van der Waals surface area contributed by atoms with Crippen molar-refractivity contribution in [2.75, 3.05) is 19.2 Å². The summed E-state index contributed by atoms with van der Waals surface area (Å²) in [7, 11) is 1.81. The number of halogens is 1. The fraction of sp³-hybridized carbons (Fsp3) is 0.267. The first-order chi connectivity index (χ1) is 10.3. The Kier molecular flexibility index (Phi) is 4.13. The first-order valence-electron chi connectivity index (χ1n) is 6.55. The molecule has 0 bridgehead atoms.